The van der Waals surface area contributed by atoms with Gasteiger partial charge in [-0.15, -0.1) is 0 Å². The molecule has 9 heteroatoms. The average Bonchev–Trinajstić information content (AvgIpc) is 3.04. The standard InChI is InChI=1S/C24H29F3O6/c1-32-23(31)10-5-3-2-4-9-19-20(22(30)14-21(19)29)12-11-17(28)15-33-18-8-6-7-16(13-18)24(25,26)27/h2,4-8,10-13,17,19-22,28-30H,3,9,14-15H2,1H3/b4-2+,10-5+,12-11?/t17-,19-,20-,21+,22-/m1/s1. The fourth-order valence-electron chi connectivity index (χ4n) is 3.62. The van der Waals surface area contributed by atoms with Gasteiger partial charge in [0, 0.05) is 18.4 Å². The molecule has 0 aromatic heterocycles. The number of esters is 1. The molecule has 33 heavy (non-hydrogen) atoms. The number of alkyl halides is 3. The molecule has 0 spiro atoms. The molecule has 0 aliphatic heterocycles. The first-order valence-corrected chi connectivity index (χ1v) is 10.5. The number of halogens is 3. The van der Waals surface area contributed by atoms with E-state index >= 15 is 0 Å². The molecule has 1 saturated carbocycles. The number of rotatable bonds is 10. The number of benzene rings is 1. The van der Waals surface area contributed by atoms with E-state index in [2.05, 4.69) is 4.74 Å². The molecule has 1 fully saturated rings. The van der Waals surface area contributed by atoms with E-state index in [4.69, 9.17) is 4.74 Å². The van der Waals surface area contributed by atoms with Crippen molar-refractivity contribution in [3.05, 3.63) is 66.3 Å². The van der Waals surface area contributed by atoms with Crippen molar-refractivity contribution < 1.29 is 42.8 Å². The summed E-state index contributed by atoms with van der Waals surface area (Å²) in [7, 11) is 1.29. The summed E-state index contributed by atoms with van der Waals surface area (Å²) in [5.74, 6) is -1.14. The number of ether oxygens (including phenoxy) is 2. The number of aliphatic hydroxyl groups excluding tert-OH is 3. The van der Waals surface area contributed by atoms with Crippen molar-refractivity contribution in [1.29, 1.82) is 0 Å². The van der Waals surface area contributed by atoms with Gasteiger partial charge < -0.3 is 24.8 Å². The van der Waals surface area contributed by atoms with Crippen LogP contribution in [0.4, 0.5) is 13.2 Å². The Bertz CT molecular complexity index is 849. The second-order valence-electron chi connectivity index (χ2n) is 7.77. The van der Waals surface area contributed by atoms with Gasteiger partial charge in [0.15, 0.2) is 0 Å². The first-order chi connectivity index (χ1) is 15.6. The van der Waals surface area contributed by atoms with Gasteiger partial charge in [0.1, 0.15) is 18.5 Å². The van der Waals surface area contributed by atoms with Gasteiger partial charge in [0.25, 0.3) is 0 Å². The minimum absolute atomic E-state index is 0.0159. The average molecular weight is 470 g/mol. The Balaban J connectivity index is 1.89. The summed E-state index contributed by atoms with van der Waals surface area (Å²) in [6.07, 6.45) is 3.74. The summed E-state index contributed by atoms with van der Waals surface area (Å²) >= 11 is 0. The lowest BCUT2D eigenvalue weighted by atomic mass is 9.89. The topological polar surface area (TPSA) is 96.2 Å². The lowest BCUT2D eigenvalue weighted by molar-refractivity contribution is -0.137. The van der Waals surface area contributed by atoms with Crippen LogP contribution < -0.4 is 4.74 Å². The van der Waals surface area contributed by atoms with E-state index in [0.717, 1.165) is 12.1 Å². The van der Waals surface area contributed by atoms with E-state index in [-0.39, 0.29) is 24.7 Å². The predicted octanol–water partition coefficient (Wildman–Crippen LogP) is 3.42. The van der Waals surface area contributed by atoms with Gasteiger partial charge in [-0.3, -0.25) is 0 Å². The Morgan fingerprint density at radius 2 is 1.97 bits per heavy atom. The fourth-order valence-corrected chi connectivity index (χ4v) is 3.62. The van der Waals surface area contributed by atoms with E-state index in [9.17, 15) is 33.3 Å². The third kappa shape index (κ3) is 8.68. The highest BCUT2D eigenvalue weighted by Crippen LogP contribution is 2.36. The van der Waals surface area contributed by atoms with E-state index in [0.29, 0.717) is 12.8 Å². The number of hydrogen-bond acceptors (Lipinski definition) is 6. The summed E-state index contributed by atoms with van der Waals surface area (Å²) in [6.45, 7) is -0.264. The largest absolute Gasteiger partial charge is 0.491 e. The van der Waals surface area contributed by atoms with Gasteiger partial charge >= 0.3 is 12.1 Å². The molecule has 1 aromatic carbocycles. The van der Waals surface area contributed by atoms with Gasteiger partial charge in [-0.1, -0.05) is 36.4 Å². The number of methoxy groups -OCH3 is 1. The first kappa shape index (κ1) is 26.6. The van der Waals surface area contributed by atoms with Gasteiger partial charge in [0.05, 0.1) is 24.9 Å². The third-order valence-electron chi connectivity index (χ3n) is 5.36. The van der Waals surface area contributed by atoms with Crippen molar-refractivity contribution in [2.24, 2.45) is 11.8 Å². The van der Waals surface area contributed by atoms with Crippen LogP contribution in [0.15, 0.2) is 60.7 Å². The van der Waals surface area contributed by atoms with Crippen LogP contribution in [0.2, 0.25) is 0 Å². The van der Waals surface area contributed by atoms with E-state index < -0.39 is 41.9 Å². The molecule has 5 atom stereocenters. The maximum Gasteiger partial charge on any atom is 0.416 e. The fraction of sp³-hybridized carbons (Fsp3) is 0.458. The molecule has 0 radical (unpaired) electrons. The maximum atomic E-state index is 12.8. The molecule has 0 heterocycles. The second kappa shape index (κ2) is 12.6. The van der Waals surface area contributed by atoms with E-state index in [1.807, 2.05) is 12.2 Å². The molecule has 1 aliphatic rings. The van der Waals surface area contributed by atoms with Crippen molar-refractivity contribution >= 4 is 5.97 Å². The first-order valence-electron chi connectivity index (χ1n) is 10.5. The second-order valence-corrected chi connectivity index (χ2v) is 7.77. The van der Waals surface area contributed by atoms with Crippen LogP contribution in [0.1, 0.15) is 24.8 Å². The van der Waals surface area contributed by atoms with Crippen LogP contribution in [0.3, 0.4) is 0 Å². The van der Waals surface area contributed by atoms with E-state index in [1.165, 1.54) is 31.4 Å². The molecule has 1 aliphatic carbocycles. The van der Waals surface area contributed by atoms with Crippen molar-refractivity contribution in [1.82, 2.24) is 0 Å². The zero-order chi connectivity index (χ0) is 24.4. The lowest BCUT2D eigenvalue weighted by Gasteiger charge is -2.19. The molecule has 0 unspecified atom stereocenters. The molecule has 6 nitrogen and oxygen atoms in total. The third-order valence-corrected chi connectivity index (χ3v) is 5.36. The lowest BCUT2D eigenvalue weighted by Crippen LogP contribution is -2.21. The zero-order valence-electron chi connectivity index (χ0n) is 18.2. The van der Waals surface area contributed by atoms with Gasteiger partial charge in [-0.25, -0.2) is 4.79 Å². The number of carbonyl (C=O) groups excluding carboxylic acids is 1. The Kier molecular flexibility index (Phi) is 10.1. The molecular weight excluding hydrogens is 441 g/mol. The minimum Gasteiger partial charge on any atom is -0.491 e. The molecule has 1 aromatic rings. The highest BCUT2D eigenvalue weighted by molar-refractivity contribution is 5.81. The Morgan fingerprint density at radius 1 is 1.21 bits per heavy atom. The Morgan fingerprint density at radius 3 is 2.67 bits per heavy atom. The molecule has 2 rings (SSSR count). The number of carbonyl (C=O) groups is 1. The highest BCUT2D eigenvalue weighted by atomic mass is 19.4. The number of hydrogen-bond donors (Lipinski definition) is 3. The molecule has 3 N–H and O–H groups in total. The SMILES string of the molecule is COC(=O)/C=C/C/C=C/C[C@@H]1[C@@H](C=C[C@@H](O)COc2cccc(C(F)(F)F)c2)[C@H](O)C[C@@H]1O. The summed E-state index contributed by atoms with van der Waals surface area (Å²) in [5.41, 5.74) is -0.843. The van der Waals surface area contributed by atoms with Crippen molar-refractivity contribution in [2.75, 3.05) is 13.7 Å². The van der Waals surface area contributed by atoms with Gasteiger partial charge in [0.2, 0.25) is 0 Å². The maximum absolute atomic E-state index is 12.8. The molecule has 0 amide bonds. The monoisotopic (exact) mass is 470 g/mol. The summed E-state index contributed by atoms with van der Waals surface area (Å²) < 4.78 is 48.1. The molecule has 0 bridgehead atoms. The molecular formula is C24H29F3O6. The Hall–Kier alpha value is -2.62. The summed E-state index contributed by atoms with van der Waals surface area (Å²) in [4.78, 5) is 11.0. The number of allylic oxidation sites excluding steroid dienone is 3. The van der Waals surface area contributed by atoms with Crippen LogP contribution in [-0.4, -0.2) is 53.3 Å². The molecule has 182 valence electrons. The predicted molar refractivity (Wildman–Crippen MR) is 115 cm³/mol. The highest BCUT2D eigenvalue weighted by Gasteiger charge is 2.39. The normalized spacial score (nSPS) is 24.7. The van der Waals surface area contributed by atoms with Crippen LogP contribution in [0.25, 0.3) is 0 Å². The van der Waals surface area contributed by atoms with Crippen LogP contribution in [0.5, 0.6) is 5.75 Å². The van der Waals surface area contributed by atoms with Crippen LogP contribution in [0, 0.1) is 11.8 Å². The van der Waals surface area contributed by atoms with Crippen molar-refractivity contribution in [3.8, 4) is 5.75 Å². The van der Waals surface area contributed by atoms with Gasteiger partial charge in [-0.2, -0.15) is 13.2 Å². The van der Waals surface area contributed by atoms with Crippen LogP contribution in [-0.2, 0) is 15.7 Å². The van der Waals surface area contributed by atoms with Crippen molar-refractivity contribution in [3.63, 3.8) is 0 Å². The van der Waals surface area contributed by atoms with Crippen molar-refractivity contribution in [2.45, 2.75) is 43.8 Å². The number of aliphatic hydroxyl groups is 3. The van der Waals surface area contributed by atoms with E-state index in [1.54, 1.807) is 12.2 Å². The zero-order valence-corrected chi connectivity index (χ0v) is 18.2. The van der Waals surface area contributed by atoms with Crippen LogP contribution >= 0.6 is 0 Å². The quantitative estimate of drug-likeness (QED) is 0.276. The van der Waals surface area contributed by atoms with Gasteiger partial charge in [-0.05, 0) is 37.0 Å². The molecule has 0 saturated heterocycles. The smallest absolute Gasteiger partial charge is 0.416 e. The Labute approximate surface area is 190 Å². The minimum atomic E-state index is -4.49. The summed E-state index contributed by atoms with van der Waals surface area (Å²) in [5, 5.41) is 30.7. The summed E-state index contributed by atoms with van der Waals surface area (Å²) in [6, 6.07) is 4.38.